The molecule has 1 aromatic heterocycles. The highest BCUT2D eigenvalue weighted by Crippen LogP contribution is 2.03. The van der Waals surface area contributed by atoms with Crippen LogP contribution in [0.5, 0.6) is 0 Å². The molecule has 0 saturated carbocycles. The summed E-state index contributed by atoms with van der Waals surface area (Å²) in [6.45, 7) is 6.50. The van der Waals surface area contributed by atoms with Crippen LogP contribution in [0.25, 0.3) is 0 Å². The third kappa shape index (κ3) is 3.67. The van der Waals surface area contributed by atoms with Crippen LogP contribution in [0.15, 0.2) is 24.9 Å². The lowest BCUT2D eigenvalue weighted by Crippen LogP contribution is -2.24. The van der Waals surface area contributed by atoms with Crippen LogP contribution in [0.4, 0.5) is 5.95 Å². The first-order chi connectivity index (χ1) is 7.13. The molecule has 0 aliphatic rings. The number of nitrogens with zero attached hydrogens (tertiary/aromatic N) is 3. The molecular formula is C11H18N4. The Labute approximate surface area is 91.0 Å². The Kier molecular flexibility index (Phi) is 4.24. The van der Waals surface area contributed by atoms with Crippen molar-refractivity contribution in [2.45, 2.75) is 19.5 Å². The highest BCUT2D eigenvalue weighted by atomic mass is 15.2. The molecule has 4 nitrogen and oxygen atoms in total. The maximum Gasteiger partial charge on any atom is 0.225 e. The standard InChI is InChI=1S/C11H18N4/c1-5-9(2)13-8-10-6-7-12-11(14-10)15(3)4/h5-7,9,13H,1,8H2,2-4H3. The van der Waals surface area contributed by atoms with E-state index >= 15 is 0 Å². The minimum absolute atomic E-state index is 0.294. The van der Waals surface area contributed by atoms with Crippen molar-refractivity contribution < 1.29 is 0 Å². The molecule has 0 fully saturated rings. The van der Waals surface area contributed by atoms with Gasteiger partial charge in [0, 0.05) is 32.9 Å². The van der Waals surface area contributed by atoms with Crippen LogP contribution < -0.4 is 10.2 Å². The Morgan fingerprint density at radius 2 is 2.33 bits per heavy atom. The first kappa shape index (κ1) is 11.7. The Morgan fingerprint density at radius 3 is 2.93 bits per heavy atom. The van der Waals surface area contributed by atoms with E-state index < -0.39 is 0 Å². The van der Waals surface area contributed by atoms with E-state index in [1.807, 2.05) is 31.1 Å². The van der Waals surface area contributed by atoms with Crippen LogP contribution in [0, 0.1) is 0 Å². The summed E-state index contributed by atoms with van der Waals surface area (Å²) in [7, 11) is 3.86. The van der Waals surface area contributed by atoms with Gasteiger partial charge in [-0.3, -0.25) is 0 Å². The van der Waals surface area contributed by atoms with E-state index in [1.165, 1.54) is 0 Å². The van der Waals surface area contributed by atoms with Crippen LogP contribution in [-0.2, 0) is 6.54 Å². The third-order valence-electron chi connectivity index (χ3n) is 2.06. The zero-order chi connectivity index (χ0) is 11.3. The van der Waals surface area contributed by atoms with Crippen molar-refractivity contribution in [2.24, 2.45) is 0 Å². The summed E-state index contributed by atoms with van der Waals surface area (Å²) in [5, 5.41) is 3.29. The summed E-state index contributed by atoms with van der Waals surface area (Å²) in [6.07, 6.45) is 3.64. The second kappa shape index (κ2) is 5.46. The van der Waals surface area contributed by atoms with E-state index in [4.69, 9.17) is 0 Å². The molecule has 0 bridgehead atoms. The monoisotopic (exact) mass is 206 g/mol. The van der Waals surface area contributed by atoms with Crippen molar-refractivity contribution in [3.8, 4) is 0 Å². The van der Waals surface area contributed by atoms with Gasteiger partial charge in [-0.05, 0) is 13.0 Å². The van der Waals surface area contributed by atoms with Gasteiger partial charge in [-0.2, -0.15) is 0 Å². The Morgan fingerprint density at radius 1 is 1.60 bits per heavy atom. The van der Waals surface area contributed by atoms with Crippen molar-refractivity contribution in [1.29, 1.82) is 0 Å². The fourth-order valence-corrected chi connectivity index (χ4v) is 1.05. The van der Waals surface area contributed by atoms with Gasteiger partial charge < -0.3 is 10.2 Å². The van der Waals surface area contributed by atoms with E-state index in [9.17, 15) is 0 Å². The van der Waals surface area contributed by atoms with Gasteiger partial charge in [0.1, 0.15) is 0 Å². The molecule has 0 spiro atoms. The summed E-state index contributed by atoms with van der Waals surface area (Å²) in [5.74, 6) is 0.737. The van der Waals surface area contributed by atoms with Gasteiger partial charge in [-0.1, -0.05) is 6.08 Å². The average Bonchev–Trinajstić information content (AvgIpc) is 2.26. The van der Waals surface area contributed by atoms with Crippen LogP contribution in [0.2, 0.25) is 0 Å². The van der Waals surface area contributed by atoms with Gasteiger partial charge in [0.15, 0.2) is 0 Å². The number of rotatable bonds is 5. The SMILES string of the molecule is C=CC(C)NCc1ccnc(N(C)C)n1. The Hall–Kier alpha value is -1.42. The lowest BCUT2D eigenvalue weighted by molar-refractivity contribution is 0.623. The Bertz CT molecular complexity index is 322. The molecule has 1 N–H and O–H groups in total. The number of anilines is 1. The van der Waals surface area contributed by atoms with E-state index in [-0.39, 0.29) is 0 Å². The molecule has 1 unspecified atom stereocenters. The summed E-state index contributed by atoms with van der Waals surface area (Å²) < 4.78 is 0. The average molecular weight is 206 g/mol. The maximum atomic E-state index is 4.40. The molecule has 1 atom stereocenters. The van der Waals surface area contributed by atoms with Gasteiger partial charge >= 0.3 is 0 Å². The Balaban J connectivity index is 2.61. The highest BCUT2D eigenvalue weighted by Gasteiger charge is 2.01. The van der Waals surface area contributed by atoms with E-state index in [0.29, 0.717) is 6.04 Å². The first-order valence-electron chi connectivity index (χ1n) is 4.98. The fraction of sp³-hybridized carbons (Fsp3) is 0.455. The van der Waals surface area contributed by atoms with Crippen molar-refractivity contribution in [2.75, 3.05) is 19.0 Å². The van der Waals surface area contributed by atoms with Gasteiger partial charge in [-0.15, -0.1) is 6.58 Å². The topological polar surface area (TPSA) is 41.1 Å². The molecule has 0 saturated heterocycles. The number of hydrogen-bond donors (Lipinski definition) is 1. The molecule has 0 aliphatic heterocycles. The highest BCUT2D eigenvalue weighted by molar-refractivity contribution is 5.27. The largest absolute Gasteiger partial charge is 0.347 e. The van der Waals surface area contributed by atoms with E-state index in [0.717, 1.165) is 18.2 Å². The normalized spacial score (nSPS) is 12.2. The van der Waals surface area contributed by atoms with Gasteiger partial charge in [-0.25, -0.2) is 9.97 Å². The molecule has 82 valence electrons. The molecule has 0 radical (unpaired) electrons. The maximum absolute atomic E-state index is 4.40. The van der Waals surface area contributed by atoms with Crippen LogP contribution in [0.3, 0.4) is 0 Å². The molecule has 0 aliphatic carbocycles. The predicted molar refractivity (Wildman–Crippen MR) is 62.9 cm³/mol. The van der Waals surface area contributed by atoms with Crippen molar-refractivity contribution in [3.63, 3.8) is 0 Å². The summed E-state index contributed by atoms with van der Waals surface area (Å²) >= 11 is 0. The smallest absolute Gasteiger partial charge is 0.225 e. The van der Waals surface area contributed by atoms with E-state index in [2.05, 4.69) is 28.8 Å². The number of aromatic nitrogens is 2. The number of hydrogen-bond acceptors (Lipinski definition) is 4. The lowest BCUT2D eigenvalue weighted by atomic mass is 10.3. The third-order valence-corrected chi connectivity index (χ3v) is 2.06. The van der Waals surface area contributed by atoms with Crippen molar-refractivity contribution >= 4 is 5.95 Å². The van der Waals surface area contributed by atoms with Gasteiger partial charge in [0.2, 0.25) is 5.95 Å². The fourth-order valence-electron chi connectivity index (χ4n) is 1.05. The molecule has 1 rings (SSSR count). The molecule has 1 heterocycles. The second-order valence-corrected chi connectivity index (χ2v) is 3.65. The van der Waals surface area contributed by atoms with Crippen LogP contribution >= 0.6 is 0 Å². The number of nitrogens with one attached hydrogen (secondary N) is 1. The quantitative estimate of drug-likeness (QED) is 0.735. The van der Waals surface area contributed by atoms with Crippen molar-refractivity contribution in [3.05, 3.63) is 30.6 Å². The zero-order valence-corrected chi connectivity index (χ0v) is 9.57. The van der Waals surface area contributed by atoms with Crippen molar-refractivity contribution in [1.82, 2.24) is 15.3 Å². The molecule has 15 heavy (non-hydrogen) atoms. The summed E-state index contributed by atoms with van der Waals surface area (Å²) in [4.78, 5) is 10.4. The zero-order valence-electron chi connectivity index (χ0n) is 9.57. The summed E-state index contributed by atoms with van der Waals surface area (Å²) in [5.41, 5.74) is 0.988. The second-order valence-electron chi connectivity index (χ2n) is 3.65. The van der Waals surface area contributed by atoms with Crippen LogP contribution in [-0.4, -0.2) is 30.1 Å². The predicted octanol–water partition coefficient (Wildman–Crippen LogP) is 1.21. The minimum Gasteiger partial charge on any atom is -0.347 e. The molecule has 1 aromatic rings. The molecule has 0 aromatic carbocycles. The van der Waals surface area contributed by atoms with Crippen LogP contribution in [0.1, 0.15) is 12.6 Å². The molecule has 4 heteroatoms. The van der Waals surface area contributed by atoms with E-state index in [1.54, 1.807) is 6.20 Å². The first-order valence-corrected chi connectivity index (χ1v) is 4.98. The molecular weight excluding hydrogens is 188 g/mol. The van der Waals surface area contributed by atoms with Gasteiger partial charge in [0.25, 0.3) is 0 Å². The molecule has 0 amide bonds. The van der Waals surface area contributed by atoms with Gasteiger partial charge in [0.05, 0.1) is 5.69 Å². The minimum atomic E-state index is 0.294. The lowest BCUT2D eigenvalue weighted by Gasteiger charge is -2.12. The summed E-state index contributed by atoms with van der Waals surface area (Å²) in [6, 6.07) is 2.21.